The Hall–Kier alpha value is -2.53. The van der Waals surface area contributed by atoms with Gasteiger partial charge in [-0.05, 0) is 37.8 Å². The van der Waals surface area contributed by atoms with Crippen molar-refractivity contribution in [2.75, 3.05) is 31.1 Å². The minimum absolute atomic E-state index is 0.137. The molecule has 2 aliphatic rings. The van der Waals surface area contributed by atoms with E-state index in [9.17, 15) is 8.42 Å². The van der Waals surface area contributed by atoms with Crippen LogP contribution in [0.3, 0.4) is 0 Å². The summed E-state index contributed by atoms with van der Waals surface area (Å²) in [6, 6.07) is 4.02. The number of hydrogen-bond donors (Lipinski definition) is 0. The molecule has 2 aliphatic heterocycles. The Bertz CT molecular complexity index is 1110. The predicted molar refractivity (Wildman–Crippen MR) is 101 cm³/mol. The smallest absolute Gasteiger partial charge is 0.262 e. The van der Waals surface area contributed by atoms with E-state index in [-0.39, 0.29) is 11.1 Å². The van der Waals surface area contributed by atoms with Gasteiger partial charge < -0.3 is 9.47 Å². The number of imidazole rings is 1. The lowest BCUT2D eigenvalue weighted by molar-refractivity contribution is 0.450. The Kier molecular flexibility index (Phi) is 3.91. The summed E-state index contributed by atoms with van der Waals surface area (Å²) in [6.45, 7) is 6.62. The summed E-state index contributed by atoms with van der Waals surface area (Å²) in [5, 5.41) is 12.5. The quantitative estimate of drug-likeness (QED) is 0.632. The maximum absolute atomic E-state index is 13.0. The van der Waals surface area contributed by atoms with Crippen LogP contribution in [0.15, 0.2) is 36.0 Å². The molecule has 5 rings (SSSR count). The van der Waals surface area contributed by atoms with Crippen molar-refractivity contribution in [2.45, 2.75) is 24.9 Å². The molecule has 0 bridgehead atoms. The minimum atomic E-state index is -3.55. The summed E-state index contributed by atoms with van der Waals surface area (Å²) in [5.74, 6) is 1.45. The average Bonchev–Trinajstić information content (AvgIpc) is 3.42. The first-order valence-corrected chi connectivity index (χ1v) is 10.8. The highest BCUT2D eigenvalue weighted by Gasteiger charge is 2.45. The molecule has 3 aromatic heterocycles. The lowest BCUT2D eigenvalue weighted by atomic mass is 10.0. The van der Waals surface area contributed by atoms with Crippen LogP contribution in [0.25, 0.3) is 5.65 Å². The van der Waals surface area contributed by atoms with Crippen LogP contribution < -0.4 is 4.90 Å². The van der Waals surface area contributed by atoms with Crippen LogP contribution in [0.2, 0.25) is 0 Å². The van der Waals surface area contributed by atoms with E-state index >= 15 is 0 Å². The average molecular weight is 402 g/mol. The minimum Gasteiger partial charge on any atom is -0.355 e. The molecular weight excluding hydrogens is 380 g/mol. The Morgan fingerprint density at radius 2 is 1.82 bits per heavy atom. The number of fused-ring (bicyclic) bond motifs is 2. The van der Waals surface area contributed by atoms with Gasteiger partial charge in [-0.3, -0.25) is 0 Å². The van der Waals surface area contributed by atoms with Crippen molar-refractivity contribution < 1.29 is 8.42 Å². The molecule has 2 fully saturated rings. The summed E-state index contributed by atoms with van der Waals surface area (Å²) >= 11 is 0. The highest BCUT2D eigenvalue weighted by atomic mass is 32.2. The fourth-order valence-corrected chi connectivity index (χ4v) is 5.56. The molecule has 0 radical (unpaired) electrons. The molecule has 5 heterocycles. The summed E-state index contributed by atoms with van der Waals surface area (Å²) in [5.41, 5.74) is 0.709. The number of sulfonamides is 1. The normalized spacial score (nSPS) is 23.2. The summed E-state index contributed by atoms with van der Waals surface area (Å²) in [7, 11) is -3.55. The number of hydrogen-bond acceptors (Lipinski definition) is 7. The molecule has 28 heavy (non-hydrogen) atoms. The van der Waals surface area contributed by atoms with E-state index in [2.05, 4.69) is 25.2 Å². The maximum Gasteiger partial charge on any atom is 0.262 e. The lowest BCUT2D eigenvalue weighted by Gasteiger charge is -2.21. The number of aromatic nitrogens is 6. The van der Waals surface area contributed by atoms with Crippen molar-refractivity contribution in [1.29, 1.82) is 0 Å². The Morgan fingerprint density at radius 3 is 2.50 bits per heavy atom. The topological polar surface area (TPSA) is 102 Å². The van der Waals surface area contributed by atoms with Gasteiger partial charge in [-0.1, -0.05) is 0 Å². The van der Waals surface area contributed by atoms with E-state index in [1.165, 1.54) is 0 Å². The molecule has 0 amide bonds. The third kappa shape index (κ3) is 2.76. The molecule has 3 aromatic rings. The van der Waals surface area contributed by atoms with Gasteiger partial charge in [0.1, 0.15) is 12.1 Å². The molecule has 0 N–H and O–H groups in total. The molecular formula is C17H22N8O2S. The Morgan fingerprint density at radius 1 is 1.07 bits per heavy atom. The Balaban J connectivity index is 1.31. The first-order valence-electron chi connectivity index (χ1n) is 9.37. The van der Waals surface area contributed by atoms with E-state index < -0.39 is 10.0 Å². The zero-order valence-corrected chi connectivity index (χ0v) is 16.6. The van der Waals surface area contributed by atoms with Crippen LogP contribution in [-0.4, -0.2) is 68.3 Å². The number of nitrogens with zero attached hydrogens (tertiary/aromatic N) is 8. The van der Waals surface area contributed by atoms with Crippen molar-refractivity contribution >= 4 is 21.5 Å². The SMILES string of the molecule is CC(C)n1cnc(S(=O)(=O)N2CC3CN(c4ccc5nncn5n4)CC3C2)c1. The zero-order valence-electron chi connectivity index (χ0n) is 15.7. The first kappa shape index (κ1) is 17.6. The second kappa shape index (κ2) is 6.24. The monoisotopic (exact) mass is 402 g/mol. The van der Waals surface area contributed by atoms with Crippen molar-refractivity contribution in [3.8, 4) is 0 Å². The predicted octanol–water partition coefficient (Wildman–Crippen LogP) is 0.659. The van der Waals surface area contributed by atoms with E-state index in [1.807, 2.05) is 30.5 Å². The molecule has 0 aliphatic carbocycles. The molecule has 2 atom stereocenters. The van der Waals surface area contributed by atoms with Crippen LogP contribution in [0, 0.1) is 11.8 Å². The molecule has 10 nitrogen and oxygen atoms in total. The lowest BCUT2D eigenvalue weighted by Crippen LogP contribution is -2.33. The molecule has 2 saturated heterocycles. The van der Waals surface area contributed by atoms with Gasteiger partial charge in [-0.15, -0.1) is 15.3 Å². The van der Waals surface area contributed by atoms with E-state index in [1.54, 1.807) is 27.7 Å². The van der Waals surface area contributed by atoms with Crippen LogP contribution in [0.4, 0.5) is 5.82 Å². The van der Waals surface area contributed by atoms with Gasteiger partial charge in [-0.25, -0.2) is 13.4 Å². The molecule has 11 heteroatoms. The fraction of sp³-hybridized carbons (Fsp3) is 0.529. The van der Waals surface area contributed by atoms with Crippen LogP contribution in [0.1, 0.15) is 19.9 Å². The maximum atomic E-state index is 13.0. The van der Waals surface area contributed by atoms with Gasteiger partial charge in [-0.2, -0.15) is 8.82 Å². The van der Waals surface area contributed by atoms with Gasteiger partial charge in [0.25, 0.3) is 10.0 Å². The van der Waals surface area contributed by atoms with Crippen LogP contribution >= 0.6 is 0 Å². The molecule has 0 saturated carbocycles. The zero-order chi connectivity index (χ0) is 19.5. The van der Waals surface area contributed by atoms with Crippen LogP contribution in [0.5, 0.6) is 0 Å². The highest BCUT2D eigenvalue weighted by molar-refractivity contribution is 7.89. The molecule has 0 spiro atoms. The van der Waals surface area contributed by atoms with Crippen molar-refractivity contribution in [2.24, 2.45) is 11.8 Å². The van der Waals surface area contributed by atoms with Gasteiger partial charge in [0.2, 0.25) is 0 Å². The third-order valence-corrected chi connectivity index (χ3v) is 7.42. The number of anilines is 1. The summed E-state index contributed by atoms with van der Waals surface area (Å²) < 4.78 is 31.0. The largest absolute Gasteiger partial charge is 0.355 e. The van der Waals surface area contributed by atoms with E-state index in [4.69, 9.17) is 0 Å². The van der Waals surface area contributed by atoms with Gasteiger partial charge in [0.05, 0.1) is 6.33 Å². The summed E-state index contributed by atoms with van der Waals surface area (Å²) in [6.07, 6.45) is 4.79. The van der Waals surface area contributed by atoms with Gasteiger partial charge in [0, 0.05) is 38.4 Å². The Labute approximate surface area is 162 Å². The van der Waals surface area contributed by atoms with Crippen molar-refractivity contribution in [1.82, 2.24) is 33.7 Å². The second-order valence-electron chi connectivity index (χ2n) is 7.83. The van der Waals surface area contributed by atoms with E-state index in [0.29, 0.717) is 30.6 Å². The fourth-order valence-electron chi connectivity index (χ4n) is 4.09. The van der Waals surface area contributed by atoms with Crippen LogP contribution in [-0.2, 0) is 10.0 Å². The second-order valence-corrected chi connectivity index (χ2v) is 9.71. The van der Waals surface area contributed by atoms with E-state index in [0.717, 1.165) is 18.9 Å². The number of rotatable bonds is 4. The van der Waals surface area contributed by atoms with Gasteiger partial charge >= 0.3 is 0 Å². The van der Waals surface area contributed by atoms with Crippen molar-refractivity contribution in [3.05, 3.63) is 31.0 Å². The summed E-state index contributed by atoms with van der Waals surface area (Å²) in [4.78, 5) is 6.35. The highest BCUT2D eigenvalue weighted by Crippen LogP contribution is 2.35. The third-order valence-electron chi connectivity index (χ3n) is 5.70. The first-order chi connectivity index (χ1) is 13.4. The van der Waals surface area contributed by atoms with Gasteiger partial charge in [0.15, 0.2) is 10.7 Å². The molecule has 0 aromatic carbocycles. The standard InChI is InChI=1S/C17H22N8O2S/c1-12(2)23-9-17(18-10-23)28(26,27)24-7-13-5-22(6-14(13)8-24)16-4-3-15-20-19-11-25(15)21-16/h3-4,9-14H,5-8H2,1-2H3. The van der Waals surface area contributed by atoms with Crippen molar-refractivity contribution in [3.63, 3.8) is 0 Å². The molecule has 2 unspecified atom stereocenters. The molecule has 148 valence electrons.